The van der Waals surface area contributed by atoms with E-state index in [2.05, 4.69) is 0 Å². The third-order valence-electron chi connectivity index (χ3n) is 1.03. The Bertz CT molecular complexity index is 263. The molecular formula is C5H6OS3. The van der Waals surface area contributed by atoms with E-state index in [1.165, 1.54) is 0 Å². The summed E-state index contributed by atoms with van der Waals surface area (Å²) in [6, 6.07) is 1.85. The van der Waals surface area contributed by atoms with Gasteiger partial charge in [0.15, 0.2) is 0 Å². The number of thiol groups is 1. The fourth-order valence-electron chi connectivity index (χ4n) is 0.568. The second-order valence-electron chi connectivity index (χ2n) is 1.62. The molecule has 0 aliphatic heterocycles. The van der Waals surface area contributed by atoms with Crippen molar-refractivity contribution in [2.45, 2.75) is 11.8 Å². The fourth-order valence-corrected chi connectivity index (χ4v) is 2.20. The standard InChI is InChI=1S/C5H6OS3/c1-4-5(9(7)8)2-3-6-4/h2-3,9H,1H3. The van der Waals surface area contributed by atoms with Crippen molar-refractivity contribution in [3.8, 4) is 0 Å². The van der Waals surface area contributed by atoms with E-state index in [0.29, 0.717) is 0 Å². The molecule has 1 aromatic rings. The van der Waals surface area contributed by atoms with Gasteiger partial charge in [0.1, 0.15) is 5.76 Å². The predicted octanol–water partition coefficient (Wildman–Crippen LogP) is 1.22. The molecule has 9 heavy (non-hydrogen) atoms. The van der Waals surface area contributed by atoms with E-state index in [1.54, 1.807) is 6.26 Å². The maximum absolute atomic E-state index is 5.01. The minimum atomic E-state index is -0.806. The van der Waals surface area contributed by atoms with E-state index in [0.717, 1.165) is 10.7 Å². The van der Waals surface area contributed by atoms with E-state index >= 15 is 0 Å². The summed E-state index contributed by atoms with van der Waals surface area (Å²) in [6.07, 6.45) is 1.62. The van der Waals surface area contributed by atoms with Crippen molar-refractivity contribution in [2.24, 2.45) is 0 Å². The molecule has 0 amide bonds. The Balaban J connectivity index is 3.23. The van der Waals surface area contributed by atoms with Gasteiger partial charge in [0.05, 0.1) is 11.2 Å². The lowest BCUT2D eigenvalue weighted by Crippen LogP contribution is -1.73. The topological polar surface area (TPSA) is 13.1 Å². The number of hydrogen-bond donors (Lipinski definition) is 1. The van der Waals surface area contributed by atoms with Crippen LogP contribution in [0.3, 0.4) is 0 Å². The van der Waals surface area contributed by atoms with E-state index in [4.69, 9.17) is 26.8 Å². The molecule has 4 heteroatoms. The number of hydrogen-bond acceptors (Lipinski definition) is 3. The Kier molecular flexibility index (Phi) is 2.21. The first kappa shape index (κ1) is 7.18. The second kappa shape index (κ2) is 2.77. The summed E-state index contributed by atoms with van der Waals surface area (Å²) in [5, 5.41) is 0. The highest BCUT2D eigenvalue weighted by Gasteiger charge is 1.95. The van der Waals surface area contributed by atoms with Gasteiger partial charge in [-0.1, -0.05) is 8.01 Å². The molecule has 1 aromatic heterocycles. The predicted molar refractivity (Wildman–Crippen MR) is 45.2 cm³/mol. The van der Waals surface area contributed by atoms with Gasteiger partial charge < -0.3 is 4.42 Å². The highest BCUT2D eigenvalue weighted by Crippen LogP contribution is 2.09. The fraction of sp³-hybridized carbons (Fsp3) is 0.200. The average Bonchev–Trinajstić information content (AvgIpc) is 2.13. The zero-order valence-electron chi connectivity index (χ0n) is 4.83. The van der Waals surface area contributed by atoms with Crippen LogP contribution >= 0.6 is 0 Å². The van der Waals surface area contributed by atoms with Crippen LogP contribution in [0.2, 0.25) is 0 Å². The highest BCUT2D eigenvalue weighted by atomic mass is 33.1. The molecule has 0 radical (unpaired) electrons. The maximum Gasteiger partial charge on any atom is 0.114 e. The van der Waals surface area contributed by atoms with Gasteiger partial charge in [-0.15, -0.1) is 0 Å². The van der Waals surface area contributed by atoms with Crippen molar-refractivity contribution < 1.29 is 4.42 Å². The minimum Gasteiger partial charge on any atom is -0.468 e. The van der Waals surface area contributed by atoms with Gasteiger partial charge >= 0.3 is 0 Å². The van der Waals surface area contributed by atoms with Crippen LogP contribution in [0.4, 0.5) is 0 Å². The normalized spacial score (nSPS) is 10.4. The number of furan rings is 1. The van der Waals surface area contributed by atoms with Gasteiger partial charge in [0.2, 0.25) is 0 Å². The first-order valence-electron chi connectivity index (χ1n) is 2.40. The molecule has 1 heterocycles. The molecule has 50 valence electrons. The summed E-state index contributed by atoms with van der Waals surface area (Å²) < 4.78 is 5.01. The van der Waals surface area contributed by atoms with Crippen LogP contribution in [0.15, 0.2) is 21.6 Å². The van der Waals surface area contributed by atoms with Crippen LogP contribution in [0, 0.1) is 6.92 Å². The van der Waals surface area contributed by atoms with Crippen LogP contribution < -0.4 is 0 Å². The molecule has 1 nitrogen and oxygen atoms in total. The quantitative estimate of drug-likeness (QED) is 0.650. The zero-order chi connectivity index (χ0) is 6.85. The monoisotopic (exact) mass is 178 g/mol. The molecular weight excluding hydrogens is 172 g/mol. The maximum atomic E-state index is 5.01. The number of aryl methyl sites for hydroxylation is 1. The Labute approximate surface area is 64.9 Å². The summed E-state index contributed by atoms with van der Waals surface area (Å²) >= 11 is 9.81. The molecule has 1 rings (SSSR count). The summed E-state index contributed by atoms with van der Waals surface area (Å²) in [6.45, 7) is 1.88. The molecule has 0 saturated heterocycles. The van der Waals surface area contributed by atoms with Gasteiger partial charge in [-0.3, -0.25) is 0 Å². The molecule has 0 bridgehead atoms. The molecule has 0 aliphatic rings. The summed E-state index contributed by atoms with van der Waals surface area (Å²) in [5.41, 5.74) is 0. The Hall–Kier alpha value is 0.0700. The van der Waals surface area contributed by atoms with Crippen molar-refractivity contribution in [3.05, 3.63) is 18.1 Å². The largest absolute Gasteiger partial charge is 0.468 e. The lowest BCUT2D eigenvalue weighted by molar-refractivity contribution is 0.527. The van der Waals surface area contributed by atoms with Crippen molar-refractivity contribution in [2.75, 3.05) is 0 Å². The molecule has 0 saturated carbocycles. The Morgan fingerprint density at radius 1 is 1.56 bits per heavy atom. The van der Waals surface area contributed by atoms with Gasteiger partial charge in [-0.25, -0.2) is 0 Å². The highest BCUT2D eigenvalue weighted by molar-refractivity contribution is 8.46. The van der Waals surface area contributed by atoms with Crippen LogP contribution in [0.1, 0.15) is 5.76 Å². The molecule has 0 aromatic carbocycles. The summed E-state index contributed by atoms with van der Waals surface area (Å²) in [4.78, 5) is 1.01. The van der Waals surface area contributed by atoms with Gasteiger partial charge in [0, 0.05) is 0 Å². The van der Waals surface area contributed by atoms with E-state index in [9.17, 15) is 0 Å². The van der Waals surface area contributed by atoms with Crippen LogP contribution in [-0.2, 0) is 30.4 Å². The van der Waals surface area contributed by atoms with E-state index < -0.39 is 8.01 Å². The molecule has 0 unspecified atom stereocenters. The SMILES string of the molecule is Cc1occc1[SH](=S)=S. The first-order valence-corrected chi connectivity index (χ1v) is 5.77. The smallest absolute Gasteiger partial charge is 0.114 e. The summed E-state index contributed by atoms with van der Waals surface area (Å²) in [5.74, 6) is 0.867. The van der Waals surface area contributed by atoms with Gasteiger partial charge in [-0.05, 0) is 35.4 Å². The van der Waals surface area contributed by atoms with Crippen molar-refractivity contribution in [1.82, 2.24) is 0 Å². The first-order chi connectivity index (χ1) is 4.22. The lowest BCUT2D eigenvalue weighted by Gasteiger charge is -1.85. The van der Waals surface area contributed by atoms with Crippen molar-refractivity contribution in [3.63, 3.8) is 0 Å². The lowest BCUT2D eigenvalue weighted by atomic mass is 10.5. The average molecular weight is 178 g/mol. The van der Waals surface area contributed by atoms with Crippen LogP contribution in [-0.4, -0.2) is 0 Å². The van der Waals surface area contributed by atoms with Gasteiger partial charge in [0.25, 0.3) is 0 Å². The van der Waals surface area contributed by atoms with Crippen LogP contribution in [0.5, 0.6) is 0 Å². The number of rotatable bonds is 1. The Morgan fingerprint density at radius 3 is 2.44 bits per heavy atom. The molecule has 0 aliphatic carbocycles. The third kappa shape index (κ3) is 1.50. The van der Waals surface area contributed by atoms with Crippen molar-refractivity contribution in [1.29, 1.82) is 0 Å². The third-order valence-corrected chi connectivity index (χ3v) is 3.07. The Morgan fingerprint density at radius 2 is 2.22 bits per heavy atom. The molecule has 0 spiro atoms. The van der Waals surface area contributed by atoms with E-state index in [1.807, 2.05) is 13.0 Å². The summed E-state index contributed by atoms with van der Waals surface area (Å²) in [7, 11) is -0.806. The molecule has 0 fully saturated rings. The molecule has 0 atom stereocenters. The second-order valence-corrected chi connectivity index (χ2v) is 5.50. The zero-order valence-corrected chi connectivity index (χ0v) is 7.35. The van der Waals surface area contributed by atoms with Gasteiger partial charge in [-0.2, -0.15) is 0 Å². The van der Waals surface area contributed by atoms with Crippen molar-refractivity contribution >= 4 is 30.4 Å². The molecule has 0 N–H and O–H groups in total. The van der Waals surface area contributed by atoms with E-state index in [-0.39, 0.29) is 0 Å². The van der Waals surface area contributed by atoms with Crippen LogP contribution in [0.25, 0.3) is 0 Å². The minimum absolute atomic E-state index is 0.806.